The maximum Gasteiger partial charge on any atom is 0.408 e. The first kappa shape index (κ1) is 44.2. The van der Waals surface area contributed by atoms with Crippen molar-refractivity contribution in [2.24, 2.45) is 0 Å². The molecule has 2 aromatic heterocycles. The SMILES string of the molecule is CC(C)OC(=O)N[C@@H](C(=O)N1CCC[C@H]1C(=O)Nc1ccc2[nH]c(-c3ccc(-c4ncc([C@@H]5CCCN5C(=O)[C@@H](c5ccccc5)N(C(=O)O)C(C)C)[nH]4)cc3)cc2c1)c1ccccc1. The maximum absolute atomic E-state index is 14.3. The van der Waals surface area contributed by atoms with Crippen LogP contribution in [0.1, 0.15) is 88.3 Å². The molecule has 336 valence electrons. The minimum Gasteiger partial charge on any atom is -0.465 e. The Morgan fingerprint density at radius 3 is 2.11 bits per heavy atom. The summed E-state index contributed by atoms with van der Waals surface area (Å²) in [7, 11) is 0. The molecule has 15 heteroatoms. The van der Waals surface area contributed by atoms with E-state index in [0.29, 0.717) is 48.6 Å². The van der Waals surface area contributed by atoms with Crippen LogP contribution in [0.3, 0.4) is 0 Å². The van der Waals surface area contributed by atoms with Crippen molar-refractivity contribution in [3.8, 4) is 22.6 Å². The number of hydrogen-bond donors (Lipinski definition) is 5. The van der Waals surface area contributed by atoms with Crippen LogP contribution in [-0.4, -0.2) is 95.9 Å². The van der Waals surface area contributed by atoms with Gasteiger partial charge in [-0.3, -0.25) is 19.3 Å². The van der Waals surface area contributed by atoms with E-state index >= 15 is 0 Å². The normalized spacial score (nSPS) is 17.0. The van der Waals surface area contributed by atoms with Crippen molar-refractivity contribution in [3.05, 3.63) is 132 Å². The minimum atomic E-state index is -1.15. The zero-order valence-corrected chi connectivity index (χ0v) is 36.9. The van der Waals surface area contributed by atoms with Gasteiger partial charge >= 0.3 is 12.2 Å². The Kier molecular flexibility index (Phi) is 13.0. The molecule has 15 nitrogen and oxygen atoms in total. The molecule has 4 atom stereocenters. The third kappa shape index (κ3) is 9.59. The number of nitrogens with zero attached hydrogens (tertiary/aromatic N) is 4. The van der Waals surface area contributed by atoms with E-state index in [0.717, 1.165) is 46.3 Å². The van der Waals surface area contributed by atoms with Crippen molar-refractivity contribution >= 4 is 46.5 Å². The van der Waals surface area contributed by atoms with Crippen LogP contribution in [0, 0.1) is 0 Å². The summed E-state index contributed by atoms with van der Waals surface area (Å²) in [6.45, 7) is 7.90. The van der Waals surface area contributed by atoms with E-state index in [1.54, 1.807) is 80.1 Å². The quantitative estimate of drug-likeness (QED) is 0.0760. The Balaban J connectivity index is 0.939. The highest BCUT2D eigenvalue weighted by Crippen LogP contribution is 2.37. The highest BCUT2D eigenvalue weighted by molar-refractivity contribution is 6.00. The summed E-state index contributed by atoms with van der Waals surface area (Å²) in [4.78, 5) is 83.3. The minimum absolute atomic E-state index is 0.260. The number of aromatic nitrogens is 3. The molecule has 2 aliphatic rings. The molecular formula is C50H54N8O7. The molecule has 6 aromatic rings. The van der Waals surface area contributed by atoms with Gasteiger partial charge in [0.15, 0.2) is 0 Å². The number of anilines is 1. The lowest BCUT2D eigenvalue weighted by atomic mass is 10.0. The van der Waals surface area contributed by atoms with Crippen LogP contribution >= 0.6 is 0 Å². The van der Waals surface area contributed by atoms with Gasteiger partial charge in [0.1, 0.15) is 23.9 Å². The molecule has 0 spiro atoms. The smallest absolute Gasteiger partial charge is 0.408 e. The highest BCUT2D eigenvalue weighted by atomic mass is 16.6. The molecule has 0 aliphatic carbocycles. The lowest BCUT2D eigenvalue weighted by molar-refractivity contribution is -0.138. The number of carboxylic acid groups (broad SMARTS) is 1. The summed E-state index contributed by atoms with van der Waals surface area (Å²) < 4.78 is 5.28. The predicted molar refractivity (Wildman–Crippen MR) is 246 cm³/mol. The number of hydrogen-bond acceptors (Lipinski definition) is 7. The van der Waals surface area contributed by atoms with E-state index < -0.39 is 36.4 Å². The van der Waals surface area contributed by atoms with Crippen molar-refractivity contribution in [1.29, 1.82) is 0 Å². The van der Waals surface area contributed by atoms with Crippen LogP contribution in [0.5, 0.6) is 0 Å². The molecule has 4 aromatic carbocycles. The third-order valence-corrected chi connectivity index (χ3v) is 12.1. The van der Waals surface area contributed by atoms with Crippen molar-refractivity contribution in [2.45, 2.75) is 89.7 Å². The Morgan fingerprint density at radius 2 is 1.43 bits per heavy atom. The maximum atomic E-state index is 14.3. The highest BCUT2D eigenvalue weighted by Gasteiger charge is 2.41. The molecule has 0 unspecified atom stereocenters. The number of H-pyrrole nitrogens is 2. The first-order valence-electron chi connectivity index (χ1n) is 22.1. The number of imidazole rings is 1. The van der Waals surface area contributed by atoms with Gasteiger partial charge in [0.25, 0.3) is 11.8 Å². The van der Waals surface area contributed by atoms with Gasteiger partial charge in [-0.1, -0.05) is 84.9 Å². The fraction of sp³-hybridized carbons (Fsp3) is 0.320. The number of carbonyl (C=O) groups is 5. The zero-order valence-electron chi connectivity index (χ0n) is 36.9. The topological polar surface area (TPSA) is 193 Å². The molecule has 8 rings (SSSR count). The van der Waals surface area contributed by atoms with Gasteiger partial charge < -0.3 is 40.2 Å². The molecule has 2 aliphatic heterocycles. The molecule has 0 radical (unpaired) electrons. The Labute approximate surface area is 377 Å². The molecule has 0 saturated carbocycles. The van der Waals surface area contributed by atoms with Gasteiger partial charge in [0.05, 0.1) is 24.0 Å². The van der Waals surface area contributed by atoms with E-state index in [-0.39, 0.29) is 29.9 Å². The largest absolute Gasteiger partial charge is 0.465 e. The van der Waals surface area contributed by atoms with Gasteiger partial charge in [-0.2, -0.15) is 0 Å². The van der Waals surface area contributed by atoms with E-state index in [9.17, 15) is 29.1 Å². The van der Waals surface area contributed by atoms with E-state index in [1.807, 2.05) is 72.8 Å². The van der Waals surface area contributed by atoms with Crippen molar-refractivity contribution in [1.82, 2.24) is 35.0 Å². The number of rotatable bonds is 13. The monoisotopic (exact) mass is 878 g/mol. The van der Waals surface area contributed by atoms with Crippen molar-refractivity contribution in [2.75, 3.05) is 18.4 Å². The molecule has 5 N–H and O–H groups in total. The number of aromatic amines is 2. The number of amides is 5. The summed E-state index contributed by atoms with van der Waals surface area (Å²) >= 11 is 0. The summed E-state index contributed by atoms with van der Waals surface area (Å²) in [5, 5.41) is 16.8. The first-order chi connectivity index (χ1) is 31.4. The molecule has 2 fully saturated rings. The second-order valence-electron chi connectivity index (χ2n) is 17.2. The van der Waals surface area contributed by atoms with Crippen LogP contribution in [-0.2, 0) is 19.1 Å². The van der Waals surface area contributed by atoms with Gasteiger partial charge in [-0.25, -0.2) is 14.6 Å². The van der Waals surface area contributed by atoms with Crippen molar-refractivity contribution in [3.63, 3.8) is 0 Å². The molecular weight excluding hydrogens is 825 g/mol. The van der Waals surface area contributed by atoms with Gasteiger partial charge in [-0.05, 0) is 94.3 Å². The number of ether oxygens (including phenoxy) is 1. The molecule has 65 heavy (non-hydrogen) atoms. The Morgan fingerprint density at radius 1 is 0.769 bits per heavy atom. The van der Waals surface area contributed by atoms with Crippen LogP contribution in [0.2, 0.25) is 0 Å². The van der Waals surface area contributed by atoms with Gasteiger partial charge in [-0.15, -0.1) is 0 Å². The van der Waals surface area contributed by atoms with Gasteiger partial charge in [0, 0.05) is 47.0 Å². The van der Waals surface area contributed by atoms with E-state index in [1.165, 1.54) is 4.90 Å². The first-order valence-corrected chi connectivity index (χ1v) is 22.1. The van der Waals surface area contributed by atoms with E-state index in [2.05, 4.69) is 20.6 Å². The van der Waals surface area contributed by atoms with Crippen LogP contribution in [0.15, 0.2) is 115 Å². The number of benzene rings is 4. The molecule has 0 bridgehead atoms. The molecule has 2 saturated heterocycles. The number of alkyl carbamates (subject to hydrolysis) is 1. The number of likely N-dealkylation sites (tertiary alicyclic amines) is 2. The second-order valence-corrected chi connectivity index (χ2v) is 17.2. The zero-order chi connectivity index (χ0) is 45.8. The van der Waals surface area contributed by atoms with Crippen molar-refractivity contribution < 1.29 is 33.8 Å². The molecule has 5 amide bonds. The van der Waals surface area contributed by atoms with E-state index in [4.69, 9.17) is 9.72 Å². The fourth-order valence-corrected chi connectivity index (χ4v) is 9.02. The standard InChI is InChI=1S/C50H54N8O7/c1-30(2)58(50(63)64)44(34-15-9-6-10-16-34)48(61)56-25-11-17-41(56)40-29-51-45(54-40)35-21-19-32(20-22-35)39-28-36-27-37(23-24-38(36)53-39)52-46(59)42-18-12-26-57(42)47(60)43(33-13-7-5-8-14-33)55-49(62)65-31(3)4/h5-10,13-16,19-24,27-31,41-44,53H,11-12,17-18,25-26H2,1-4H3,(H,51,54)(H,52,59)(H,55,62)(H,63,64)/t41-,42-,43+,44+/m0/s1. The number of carbonyl (C=O) groups excluding carboxylic acids is 4. The fourth-order valence-electron chi connectivity index (χ4n) is 9.02. The third-order valence-electron chi connectivity index (χ3n) is 12.1. The predicted octanol–water partition coefficient (Wildman–Crippen LogP) is 8.82. The lowest BCUT2D eigenvalue weighted by Crippen LogP contribution is -2.48. The van der Waals surface area contributed by atoms with Crippen LogP contribution in [0.4, 0.5) is 15.3 Å². The lowest BCUT2D eigenvalue weighted by Gasteiger charge is -2.36. The summed E-state index contributed by atoms with van der Waals surface area (Å²) in [6, 6.07) is 30.2. The number of fused-ring (bicyclic) bond motifs is 1. The summed E-state index contributed by atoms with van der Waals surface area (Å²) in [5.74, 6) is -0.293. The average Bonchev–Trinajstić information content (AvgIpc) is 4.14. The summed E-state index contributed by atoms with van der Waals surface area (Å²) in [6.07, 6.45) is 2.16. The summed E-state index contributed by atoms with van der Waals surface area (Å²) in [5.41, 5.74) is 6.15. The number of nitrogens with one attached hydrogen (secondary N) is 4. The van der Waals surface area contributed by atoms with Crippen LogP contribution < -0.4 is 10.6 Å². The van der Waals surface area contributed by atoms with Crippen LogP contribution in [0.25, 0.3) is 33.5 Å². The Hall–Kier alpha value is -7.42. The van der Waals surface area contributed by atoms with Gasteiger partial charge in [0.2, 0.25) is 5.91 Å². The second kappa shape index (κ2) is 19.1. The Bertz CT molecular complexity index is 2660. The average molecular weight is 879 g/mol. The molecule has 4 heterocycles.